The van der Waals surface area contributed by atoms with Gasteiger partial charge in [0.25, 0.3) is 0 Å². The van der Waals surface area contributed by atoms with Crippen molar-refractivity contribution in [3.63, 3.8) is 0 Å². The Kier molecular flexibility index (Phi) is 3.76. The van der Waals surface area contributed by atoms with Gasteiger partial charge < -0.3 is 10.1 Å². The molecule has 1 N–H and O–H groups in total. The Hall–Kier alpha value is -1.39. The summed E-state index contributed by atoms with van der Waals surface area (Å²) < 4.78 is 5.36. The van der Waals surface area contributed by atoms with Gasteiger partial charge >= 0.3 is 0 Å². The van der Waals surface area contributed by atoms with E-state index in [-0.39, 0.29) is 0 Å². The van der Waals surface area contributed by atoms with Crippen LogP contribution in [-0.4, -0.2) is 19.1 Å². The molecule has 1 aromatic carbocycles. The van der Waals surface area contributed by atoms with Gasteiger partial charge in [0.05, 0.1) is 18.4 Å². The zero-order chi connectivity index (χ0) is 12.3. The van der Waals surface area contributed by atoms with E-state index in [1.165, 1.54) is 4.88 Å². The molecule has 0 aliphatic carbocycles. The summed E-state index contributed by atoms with van der Waals surface area (Å²) >= 11 is 1.71. The smallest absolute Gasteiger partial charge is 0.129 e. The normalized spacial score (nSPS) is 10.5. The van der Waals surface area contributed by atoms with E-state index in [2.05, 4.69) is 10.3 Å². The van der Waals surface area contributed by atoms with Crippen molar-refractivity contribution in [1.82, 2.24) is 10.3 Å². The maximum absolute atomic E-state index is 5.36. The Morgan fingerprint density at radius 1 is 1.35 bits per heavy atom. The van der Waals surface area contributed by atoms with Crippen LogP contribution in [0, 0.1) is 6.92 Å². The quantitative estimate of drug-likeness (QED) is 0.903. The Bertz CT molecular complexity index is 508. The van der Waals surface area contributed by atoms with E-state index in [9.17, 15) is 0 Å². The van der Waals surface area contributed by atoms with Crippen molar-refractivity contribution >= 4 is 11.3 Å². The molecule has 0 bridgehead atoms. The number of nitrogens with zero attached hydrogens (tertiary/aromatic N) is 1. The van der Waals surface area contributed by atoms with E-state index in [1.807, 2.05) is 38.2 Å². The summed E-state index contributed by atoms with van der Waals surface area (Å²) in [7, 11) is 3.63. The molecule has 0 amide bonds. The molecule has 0 saturated carbocycles. The van der Waals surface area contributed by atoms with Crippen molar-refractivity contribution in [3.05, 3.63) is 34.8 Å². The van der Waals surface area contributed by atoms with Gasteiger partial charge in [0.15, 0.2) is 0 Å². The molecule has 0 radical (unpaired) electrons. The molecular weight excluding hydrogens is 232 g/mol. The predicted octanol–water partition coefficient (Wildman–Crippen LogP) is 2.85. The maximum atomic E-state index is 5.36. The number of para-hydroxylation sites is 1. The van der Waals surface area contributed by atoms with Crippen LogP contribution < -0.4 is 10.1 Å². The van der Waals surface area contributed by atoms with Gasteiger partial charge in [-0.1, -0.05) is 12.1 Å². The third kappa shape index (κ3) is 2.48. The summed E-state index contributed by atoms with van der Waals surface area (Å²) in [5.74, 6) is 0.872. The van der Waals surface area contributed by atoms with Crippen molar-refractivity contribution in [2.24, 2.45) is 0 Å². The summed E-state index contributed by atoms with van der Waals surface area (Å²) in [6, 6.07) is 7.98. The number of hydrogen-bond acceptors (Lipinski definition) is 4. The van der Waals surface area contributed by atoms with E-state index in [0.717, 1.165) is 28.6 Å². The lowest BCUT2D eigenvalue weighted by Gasteiger charge is -2.04. The number of hydrogen-bond donors (Lipinski definition) is 1. The third-order valence-electron chi connectivity index (χ3n) is 2.57. The van der Waals surface area contributed by atoms with Gasteiger partial charge in [0, 0.05) is 11.4 Å². The first-order valence-electron chi connectivity index (χ1n) is 5.50. The first-order chi connectivity index (χ1) is 8.26. The molecule has 3 nitrogen and oxygen atoms in total. The van der Waals surface area contributed by atoms with E-state index in [1.54, 1.807) is 18.4 Å². The molecule has 90 valence electrons. The number of ether oxygens (including phenoxy) is 1. The number of aromatic nitrogens is 1. The second kappa shape index (κ2) is 5.29. The second-order valence-corrected chi connectivity index (χ2v) is 4.84. The molecule has 17 heavy (non-hydrogen) atoms. The number of benzene rings is 1. The first kappa shape index (κ1) is 12.1. The van der Waals surface area contributed by atoms with Gasteiger partial charge in [-0.15, -0.1) is 11.3 Å². The average molecular weight is 248 g/mol. The predicted molar refractivity (Wildman–Crippen MR) is 71.6 cm³/mol. The molecule has 1 heterocycles. The molecule has 1 aromatic heterocycles. The zero-order valence-corrected chi connectivity index (χ0v) is 11.1. The highest BCUT2D eigenvalue weighted by Crippen LogP contribution is 2.33. The first-order valence-corrected chi connectivity index (χ1v) is 6.32. The minimum atomic E-state index is 0.860. The second-order valence-electron chi connectivity index (χ2n) is 3.76. The van der Waals surface area contributed by atoms with Gasteiger partial charge in [-0.25, -0.2) is 4.98 Å². The van der Waals surface area contributed by atoms with Crippen LogP contribution in [0.5, 0.6) is 5.75 Å². The van der Waals surface area contributed by atoms with Crippen molar-refractivity contribution < 1.29 is 4.74 Å². The van der Waals surface area contributed by atoms with Crippen molar-refractivity contribution in [1.29, 1.82) is 0 Å². The maximum Gasteiger partial charge on any atom is 0.129 e. The number of methoxy groups -OCH3 is 1. The zero-order valence-electron chi connectivity index (χ0n) is 10.3. The van der Waals surface area contributed by atoms with Crippen LogP contribution in [0.25, 0.3) is 10.6 Å². The minimum Gasteiger partial charge on any atom is -0.496 e. The number of nitrogens with one attached hydrogen (secondary N) is 1. The molecule has 0 unspecified atom stereocenters. The molecule has 0 atom stereocenters. The van der Waals surface area contributed by atoms with E-state index >= 15 is 0 Å². The lowest BCUT2D eigenvalue weighted by molar-refractivity contribution is 0.416. The van der Waals surface area contributed by atoms with E-state index in [4.69, 9.17) is 4.74 Å². The molecular formula is C13H16N2OS. The van der Waals surface area contributed by atoms with Gasteiger partial charge in [0.2, 0.25) is 0 Å². The van der Waals surface area contributed by atoms with Crippen LogP contribution in [0.4, 0.5) is 0 Å². The summed E-state index contributed by atoms with van der Waals surface area (Å²) in [6.07, 6.45) is 0. The standard InChI is InChI=1S/C13H16N2OS/c1-9-12(8-14-2)17-13(15-9)10-6-4-5-7-11(10)16-3/h4-7,14H,8H2,1-3H3. The molecule has 0 saturated heterocycles. The van der Waals surface area contributed by atoms with Crippen LogP contribution in [0.15, 0.2) is 24.3 Å². The van der Waals surface area contributed by atoms with Crippen molar-refractivity contribution in [2.75, 3.05) is 14.2 Å². The number of aryl methyl sites for hydroxylation is 1. The third-order valence-corrected chi connectivity index (χ3v) is 3.76. The fraction of sp³-hybridized carbons (Fsp3) is 0.308. The molecule has 2 aromatic rings. The molecule has 0 aliphatic rings. The van der Waals surface area contributed by atoms with Crippen LogP contribution in [-0.2, 0) is 6.54 Å². The van der Waals surface area contributed by atoms with Crippen molar-refractivity contribution in [3.8, 4) is 16.3 Å². The highest BCUT2D eigenvalue weighted by atomic mass is 32.1. The fourth-order valence-corrected chi connectivity index (χ4v) is 2.79. The molecule has 2 rings (SSSR count). The molecule has 0 aliphatic heterocycles. The highest BCUT2D eigenvalue weighted by molar-refractivity contribution is 7.15. The van der Waals surface area contributed by atoms with Gasteiger partial charge in [0.1, 0.15) is 10.8 Å². The topological polar surface area (TPSA) is 34.1 Å². The van der Waals surface area contributed by atoms with Crippen LogP contribution in [0.3, 0.4) is 0 Å². The van der Waals surface area contributed by atoms with Gasteiger partial charge in [-0.2, -0.15) is 0 Å². The summed E-state index contributed by atoms with van der Waals surface area (Å²) in [4.78, 5) is 5.88. The Morgan fingerprint density at radius 2 is 2.12 bits per heavy atom. The molecule has 4 heteroatoms. The van der Waals surface area contributed by atoms with Crippen molar-refractivity contribution in [2.45, 2.75) is 13.5 Å². The Labute approximate surface area is 105 Å². The summed E-state index contributed by atoms with van der Waals surface area (Å²) in [5.41, 5.74) is 2.15. The Morgan fingerprint density at radius 3 is 2.82 bits per heavy atom. The average Bonchev–Trinajstić information content (AvgIpc) is 2.71. The highest BCUT2D eigenvalue weighted by Gasteiger charge is 2.12. The van der Waals surface area contributed by atoms with Gasteiger partial charge in [-0.3, -0.25) is 0 Å². The lowest BCUT2D eigenvalue weighted by Crippen LogP contribution is -2.04. The van der Waals surface area contributed by atoms with Crippen LogP contribution >= 0.6 is 11.3 Å². The van der Waals surface area contributed by atoms with Gasteiger partial charge in [-0.05, 0) is 26.1 Å². The number of rotatable bonds is 4. The summed E-state index contributed by atoms with van der Waals surface area (Å²) in [6.45, 7) is 2.90. The summed E-state index contributed by atoms with van der Waals surface area (Å²) in [5, 5.41) is 4.18. The number of thiazole rings is 1. The Balaban J connectivity index is 2.42. The van der Waals surface area contributed by atoms with Crippen LogP contribution in [0.2, 0.25) is 0 Å². The van der Waals surface area contributed by atoms with E-state index < -0.39 is 0 Å². The SMILES string of the molecule is CNCc1sc(-c2ccccc2OC)nc1C. The molecule has 0 spiro atoms. The fourth-order valence-electron chi connectivity index (χ4n) is 1.69. The lowest BCUT2D eigenvalue weighted by atomic mass is 10.2. The molecule has 0 fully saturated rings. The monoisotopic (exact) mass is 248 g/mol. The van der Waals surface area contributed by atoms with E-state index in [0.29, 0.717) is 0 Å². The largest absolute Gasteiger partial charge is 0.496 e. The minimum absolute atomic E-state index is 0.860. The van der Waals surface area contributed by atoms with Crippen LogP contribution in [0.1, 0.15) is 10.6 Å².